The van der Waals surface area contributed by atoms with Crippen molar-refractivity contribution in [2.24, 2.45) is 7.05 Å². The summed E-state index contributed by atoms with van der Waals surface area (Å²) in [5.41, 5.74) is 2.30. The second-order valence-electron chi connectivity index (χ2n) is 9.24. The molecule has 10 heteroatoms. The maximum atomic E-state index is 12.3. The van der Waals surface area contributed by atoms with Crippen molar-refractivity contribution in [2.75, 3.05) is 13.1 Å². The van der Waals surface area contributed by atoms with Gasteiger partial charge in [-0.2, -0.15) is 10.2 Å². The van der Waals surface area contributed by atoms with E-state index in [0.29, 0.717) is 24.0 Å². The Balaban J connectivity index is 1.31. The molecule has 0 bridgehead atoms. The molecule has 0 atom stereocenters. The van der Waals surface area contributed by atoms with E-state index < -0.39 is 5.60 Å². The molecule has 1 aromatic carbocycles. The number of hydrogen-bond acceptors (Lipinski definition) is 6. The van der Waals surface area contributed by atoms with Gasteiger partial charge in [-0.25, -0.2) is 14.3 Å². The molecule has 3 aromatic heterocycles. The van der Waals surface area contributed by atoms with Gasteiger partial charge in [0.15, 0.2) is 0 Å². The van der Waals surface area contributed by atoms with Crippen molar-refractivity contribution < 1.29 is 9.53 Å². The molecule has 4 heterocycles. The zero-order valence-corrected chi connectivity index (χ0v) is 20.1. The van der Waals surface area contributed by atoms with E-state index in [9.17, 15) is 4.79 Å². The smallest absolute Gasteiger partial charge is 0.410 e. The average molecular weight is 473 g/mol. The number of carbonyl (C=O) groups excluding carboxylic acids is 1. The Labute approximate surface area is 194 Å². The van der Waals surface area contributed by atoms with Crippen LogP contribution in [0.4, 0.5) is 4.79 Å². The fraction of sp³-hybridized carbons (Fsp3) is 0.455. The number of carbonyl (C=O) groups is 1. The fourth-order valence-electron chi connectivity index (χ4n) is 4.05. The first-order valence-corrected chi connectivity index (χ1v) is 11.8. The summed E-state index contributed by atoms with van der Waals surface area (Å²) in [7, 11) is 1.88. The van der Waals surface area contributed by atoms with Gasteiger partial charge in [0.25, 0.3) is 0 Å². The minimum absolute atomic E-state index is 0.239. The summed E-state index contributed by atoms with van der Waals surface area (Å²) in [6.07, 6.45) is 5.45. The second-order valence-corrected chi connectivity index (χ2v) is 10.6. The van der Waals surface area contributed by atoms with Crippen LogP contribution in [0, 0.1) is 0 Å². The molecule has 0 radical (unpaired) electrons. The zero-order chi connectivity index (χ0) is 22.6. The summed E-state index contributed by atoms with van der Waals surface area (Å²) in [6, 6.07) is 3.96. The van der Waals surface area contributed by atoms with Crippen LogP contribution in [0.5, 0.6) is 0 Å². The normalized spacial score (nSPS) is 15.7. The second kappa shape index (κ2) is 7.74. The van der Waals surface area contributed by atoms with Gasteiger partial charge in [-0.15, -0.1) is 0 Å². The lowest BCUT2D eigenvalue weighted by Gasteiger charge is -2.32. The van der Waals surface area contributed by atoms with E-state index in [1.54, 1.807) is 20.9 Å². The molecule has 8 nitrogen and oxygen atoms in total. The molecule has 1 saturated heterocycles. The van der Waals surface area contributed by atoms with Crippen LogP contribution in [0.15, 0.2) is 24.5 Å². The third-order valence-electron chi connectivity index (χ3n) is 5.55. The van der Waals surface area contributed by atoms with Gasteiger partial charge in [0, 0.05) is 43.2 Å². The Morgan fingerprint density at radius 3 is 2.62 bits per heavy atom. The number of benzene rings is 1. The number of ether oxygens (including phenoxy) is 1. The Morgan fingerprint density at radius 1 is 1.19 bits per heavy atom. The highest BCUT2D eigenvalue weighted by atomic mass is 35.5. The molecule has 0 aliphatic carbocycles. The molecular weight excluding hydrogens is 448 g/mol. The number of hydrogen-bond donors (Lipinski definition) is 0. The number of aryl methyl sites for hydroxylation is 1. The maximum absolute atomic E-state index is 12.3. The monoisotopic (exact) mass is 472 g/mol. The highest BCUT2D eigenvalue weighted by molar-refractivity contribution is 7.19. The Kier molecular flexibility index (Phi) is 5.13. The Bertz CT molecular complexity index is 1280. The van der Waals surface area contributed by atoms with E-state index in [4.69, 9.17) is 26.4 Å². The summed E-state index contributed by atoms with van der Waals surface area (Å²) in [4.78, 5) is 19.8. The molecule has 1 aliphatic rings. The van der Waals surface area contributed by atoms with Crippen molar-refractivity contribution in [3.63, 3.8) is 0 Å². The number of imidazole rings is 1. The predicted octanol–water partition coefficient (Wildman–Crippen LogP) is 5.11. The highest BCUT2D eigenvalue weighted by Crippen LogP contribution is 2.34. The first-order chi connectivity index (χ1) is 15.2. The molecule has 1 aliphatic heterocycles. The quantitative estimate of drug-likeness (QED) is 0.405. The molecule has 4 aromatic rings. The minimum Gasteiger partial charge on any atom is -0.444 e. The maximum Gasteiger partial charge on any atom is 0.410 e. The van der Waals surface area contributed by atoms with Gasteiger partial charge in [0.1, 0.15) is 16.1 Å². The third-order valence-corrected chi connectivity index (χ3v) is 6.81. The lowest BCUT2D eigenvalue weighted by atomic mass is 9.94. The molecule has 5 rings (SSSR count). The van der Waals surface area contributed by atoms with Gasteiger partial charge in [0.05, 0.1) is 16.9 Å². The number of halogens is 1. The minimum atomic E-state index is -0.475. The Hall–Kier alpha value is -2.65. The molecule has 0 unspecified atom stereocenters. The van der Waals surface area contributed by atoms with E-state index in [2.05, 4.69) is 11.2 Å². The van der Waals surface area contributed by atoms with Crippen molar-refractivity contribution in [1.29, 1.82) is 0 Å². The van der Waals surface area contributed by atoms with Crippen LogP contribution in [0.1, 0.15) is 45.2 Å². The SMILES string of the molecule is Cn1cc2cc(-c3nn4cc(C5CCN(C(=O)OC(C)(C)C)CC5)nc4s3)cc(Cl)c2n1. The van der Waals surface area contributed by atoms with Gasteiger partial charge in [0.2, 0.25) is 4.96 Å². The number of amides is 1. The first kappa shape index (κ1) is 21.2. The van der Waals surface area contributed by atoms with Gasteiger partial charge >= 0.3 is 6.09 Å². The lowest BCUT2D eigenvalue weighted by Crippen LogP contribution is -2.41. The third kappa shape index (κ3) is 4.06. The number of nitrogens with zero attached hydrogens (tertiary/aromatic N) is 6. The zero-order valence-electron chi connectivity index (χ0n) is 18.5. The summed E-state index contributed by atoms with van der Waals surface area (Å²) >= 11 is 7.98. The molecule has 0 saturated carbocycles. The van der Waals surface area contributed by atoms with Crippen LogP contribution in [0.3, 0.4) is 0 Å². The average Bonchev–Trinajstić information content (AvgIpc) is 3.39. The molecule has 0 N–H and O–H groups in total. The van der Waals surface area contributed by atoms with Crippen molar-refractivity contribution in [1.82, 2.24) is 29.3 Å². The fourth-order valence-corrected chi connectivity index (χ4v) is 5.19. The first-order valence-electron chi connectivity index (χ1n) is 10.6. The topological polar surface area (TPSA) is 77.5 Å². The van der Waals surface area contributed by atoms with Crippen molar-refractivity contribution in [2.45, 2.75) is 45.1 Å². The number of likely N-dealkylation sites (tertiary alicyclic amines) is 1. The van der Waals surface area contributed by atoms with Gasteiger partial charge < -0.3 is 9.64 Å². The van der Waals surface area contributed by atoms with Gasteiger partial charge in [-0.05, 0) is 45.7 Å². The van der Waals surface area contributed by atoms with E-state index in [1.807, 2.05) is 50.8 Å². The summed E-state index contributed by atoms with van der Waals surface area (Å²) in [5.74, 6) is 0.312. The number of fused-ring (bicyclic) bond motifs is 2. The molecule has 0 spiro atoms. The highest BCUT2D eigenvalue weighted by Gasteiger charge is 2.29. The van der Waals surface area contributed by atoms with Crippen molar-refractivity contribution in [3.8, 4) is 10.6 Å². The summed E-state index contributed by atoms with van der Waals surface area (Å²) < 4.78 is 9.09. The van der Waals surface area contributed by atoms with E-state index in [1.165, 1.54) is 0 Å². The number of piperidine rings is 1. The lowest BCUT2D eigenvalue weighted by molar-refractivity contribution is 0.0204. The Morgan fingerprint density at radius 2 is 1.94 bits per heavy atom. The largest absolute Gasteiger partial charge is 0.444 e. The molecule has 168 valence electrons. The van der Waals surface area contributed by atoms with Crippen molar-refractivity contribution >= 4 is 44.9 Å². The number of aromatic nitrogens is 5. The van der Waals surface area contributed by atoms with Crippen LogP contribution in [0.25, 0.3) is 26.4 Å². The van der Waals surface area contributed by atoms with Crippen LogP contribution in [0.2, 0.25) is 5.02 Å². The predicted molar refractivity (Wildman–Crippen MR) is 125 cm³/mol. The van der Waals surface area contributed by atoms with Gasteiger partial charge in [-0.1, -0.05) is 22.9 Å². The molecule has 1 amide bonds. The van der Waals surface area contributed by atoms with Crippen LogP contribution in [-0.2, 0) is 11.8 Å². The van der Waals surface area contributed by atoms with Gasteiger partial charge in [-0.3, -0.25) is 4.68 Å². The van der Waals surface area contributed by atoms with Crippen molar-refractivity contribution in [3.05, 3.63) is 35.2 Å². The summed E-state index contributed by atoms with van der Waals surface area (Å²) in [6.45, 7) is 7.01. The molecular formula is C22H25ClN6O2S. The molecule has 1 fully saturated rings. The number of rotatable bonds is 2. The van der Waals surface area contributed by atoms with Crippen LogP contribution in [-0.4, -0.2) is 54.1 Å². The van der Waals surface area contributed by atoms with E-state index >= 15 is 0 Å². The van der Waals surface area contributed by atoms with Crippen LogP contribution < -0.4 is 0 Å². The summed E-state index contributed by atoms with van der Waals surface area (Å²) in [5, 5.41) is 11.6. The molecule has 32 heavy (non-hydrogen) atoms. The van der Waals surface area contributed by atoms with Crippen LogP contribution >= 0.6 is 22.9 Å². The van der Waals surface area contributed by atoms with E-state index in [-0.39, 0.29) is 6.09 Å². The standard InChI is InChI=1S/C22H25ClN6O2S/c1-22(2,3)31-21(30)28-7-5-13(6-8-28)17-12-29-20(24-17)32-19(26-29)14-9-15-11-27(4)25-18(15)16(23)10-14/h9-13H,5-8H2,1-4H3. The van der Waals surface area contributed by atoms with E-state index in [0.717, 1.165) is 45.0 Å².